The maximum atomic E-state index is 13.5. The van der Waals surface area contributed by atoms with Crippen LogP contribution >= 0.6 is 11.6 Å². The molecule has 2 aromatic heterocycles. The monoisotopic (exact) mass is 287 g/mol. The Bertz CT molecular complexity index is 794. The van der Waals surface area contributed by atoms with E-state index in [-0.39, 0.29) is 10.8 Å². The standard InChI is InChI=1S/C15H11ClFN3/c1-8-7-12(19-11-6-4-3-5-10(8)11)15-18-9(2)13(17)14(16)20-15/h3-7H,1-2H3. The quantitative estimate of drug-likeness (QED) is 0.633. The number of benzene rings is 1. The van der Waals surface area contributed by atoms with E-state index in [4.69, 9.17) is 11.6 Å². The molecule has 0 bridgehead atoms. The van der Waals surface area contributed by atoms with Gasteiger partial charge in [-0.3, -0.25) is 0 Å². The largest absolute Gasteiger partial charge is 0.244 e. The van der Waals surface area contributed by atoms with Crippen molar-refractivity contribution in [3.05, 3.63) is 52.6 Å². The second kappa shape index (κ2) is 4.80. The fourth-order valence-corrected chi connectivity index (χ4v) is 2.32. The van der Waals surface area contributed by atoms with Crippen LogP contribution in [0.15, 0.2) is 30.3 Å². The van der Waals surface area contributed by atoms with Crippen LogP contribution in [0.1, 0.15) is 11.3 Å². The Morgan fingerprint density at radius 1 is 1.05 bits per heavy atom. The summed E-state index contributed by atoms with van der Waals surface area (Å²) in [4.78, 5) is 12.6. The SMILES string of the molecule is Cc1nc(-c2cc(C)c3ccccc3n2)nc(Cl)c1F. The smallest absolute Gasteiger partial charge is 0.181 e. The molecule has 20 heavy (non-hydrogen) atoms. The van der Waals surface area contributed by atoms with E-state index in [0.29, 0.717) is 11.5 Å². The van der Waals surface area contributed by atoms with Crippen molar-refractivity contribution in [3.63, 3.8) is 0 Å². The number of nitrogens with zero attached hydrogens (tertiary/aromatic N) is 3. The summed E-state index contributed by atoms with van der Waals surface area (Å²) in [5.74, 6) is -0.254. The van der Waals surface area contributed by atoms with Gasteiger partial charge in [0.15, 0.2) is 16.8 Å². The molecule has 5 heteroatoms. The molecule has 0 saturated carbocycles. The predicted molar refractivity (Wildman–Crippen MR) is 77.2 cm³/mol. The van der Waals surface area contributed by atoms with Crippen molar-refractivity contribution < 1.29 is 4.39 Å². The molecule has 3 aromatic rings. The van der Waals surface area contributed by atoms with Crippen LogP contribution in [0.2, 0.25) is 5.15 Å². The third kappa shape index (κ3) is 2.12. The van der Waals surface area contributed by atoms with Crippen LogP contribution in [-0.4, -0.2) is 15.0 Å². The molecule has 2 heterocycles. The number of aromatic nitrogens is 3. The molecule has 0 fully saturated rings. The zero-order chi connectivity index (χ0) is 14.3. The van der Waals surface area contributed by atoms with E-state index < -0.39 is 5.82 Å². The van der Waals surface area contributed by atoms with E-state index in [0.717, 1.165) is 16.5 Å². The van der Waals surface area contributed by atoms with Gasteiger partial charge >= 0.3 is 0 Å². The summed E-state index contributed by atoms with van der Waals surface area (Å²) in [6.45, 7) is 3.55. The van der Waals surface area contributed by atoms with E-state index in [1.807, 2.05) is 37.3 Å². The molecule has 0 aliphatic heterocycles. The average molecular weight is 288 g/mol. The summed E-state index contributed by atoms with van der Waals surface area (Å²) in [7, 11) is 0. The van der Waals surface area contributed by atoms with Gasteiger partial charge in [0.2, 0.25) is 0 Å². The fraction of sp³-hybridized carbons (Fsp3) is 0.133. The van der Waals surface area contributed by atoms with Gasteiger partial charge in [-0.1, -0.05) is 29.8 Å². The van der Waals surface area contributed by atoms with E-state index in [1.54, 1.807) is 6.92 Å². The predicted octanol–water partition coefficient (Wildman–Crippen LogP) is 4.10. The highest BCUT2D eigenvalue weighted by Crippen LogP contribution is 2.24. The minimum Gasteiger partial charge on any atom is -0.244 e. The Morgan fingerprint density at radius 2 is 1.80 bits per heavy atom. The molecule has 0 radical (unpaired) electrons. The molecule has 0 atom stereocenters. The highest BCUT2D eigenvalue weighted by Gasteiger charge is 2.13. The van der Waals surface area contributed by atoms with Gasteiger partial charge in [-0.25, -0.2) is 19.3 Å². The van der Waals surface area contributed by atoms with Crippen LogP contribution in [-0.2, 0) is 0 Å². The van der Waals surface area contributed by atoms with Crippen LogP contribution in [0.3, 0.4) is 0 Å². The molecule has 0 aliphatic carbocycles. The third-order valence-corrected chi connectivity index (χ3v) is 3.38. The first-order valence-corrected chi connectivity index (χ1v) is 6.50. The van der Waals surface area contributed by atoms with E-state index in [9.17, 15) is 4.39 Å². The Hall–Kier alpha value is -2.07. The third-order valence-electron chi connectivity index (χ3n) is 3.13. The summed E-state index contributed by atoms with van der Waals surface area (Å²) in [5, 5.41) is 0.890. The minimum atomic E-state index is -0.590. The van der Waals surface area contributed by atoms with Gasteiger partial charge < -0.3 is 0 Å². The summed E-state index contributed by atoms with van der Waals surface area (Å²) in [5.41, 5.74) is 2.72. The molecular formula is C15H11ClFN3. The van der Waals surface area contributed by atoms with Crippen molar-refractivity contribution in [2.45, 2.75) is 13.8 Å². The van der Waals surface area contributed by atoms with E-state index in [1.165, 1.54) is 0 Å². The average Bonchev–Trinajstić information content (AvgIpc) is 2.44. The molecular weight excluding hydrogens is 277 g/mol. The summed E-state index contributed by atoms with van der Waals surface area (Å²) < 4.78 is 13.5. The lowest BCUT2D eigenvalue weighted by atomic mass is 10.1. The fourth-order valence-electron chi connectivity index (χ4n) is 2.10. The Balaban J connectivity index is 2.25. The molecule has 0 unspecified atom stereocenters. The van der Waals surface area contributed by atoms with Crippen LogP contribution in [0.4, 0.5) is 4.39 Å². The zero-order valence-electron chi connectivity index (χ0n) is 11.0. The van der Waals surface area contributed by atoms with Crippen molar-refractivity contribution in [2.75, 3.05) is 0 Å². The minimum absolute atomic E-state index is 0.180. The van der Waals surface area contributed by atoms with E-state index >= 15 is 0 Å². The first-order valence-electron chi connectivity index (χ1n) is 6.12. The van der Waals surface area contributed by atoms with Gasteiger partial charge in [-0.2, -0.15) is 0 Å². The maximum absolute atomic E-state index is 13.5. The number of aryl methyl sites for hydroxylation is 2. The Labute approximate surface area is 120 Å². The van der Waals surface area contributed by atoms with Crippen LogP contribution in [0, 0.1) is 19.7 Å². The molecule has 0 saturated heterocycles. The van der Waals surface area contributed by atoms with Crippen molar-refractivity contribution in [1.82, 2.24) is 15.0 Å². The molecule has 0 aliphatic rings. The summed E-state index contributed by atoms with van der Waals surface area (Å²) in [6, 6.07) is 9.69. The first-order chi connectivity index (χ1) is 9.56. The molecule has 100 valence electrons. The van der Waals surface area contributed by atoms with Gasteiger partial charge in [0.1, 0.15) is 5.69 Å². The number of pyridine rings is 1. The number of hydrogen-bond acceptors (Lipinski definition) is 3. The van der Waals surface area contributed by atoms with Crippen molar-refractivity contribution in [1.29, 1.82) is 0 Å². The molecule has 0 N–H and O–H groups in total. The number of hydrogen-bond donors (Lipinski definition) is 0. The lowest BCUT2D eigenvalue weighted by Gasteiger charge is -2.07. The molecule has 1 aromatic carbocycles. The first kappa shape index (κ1) is 12.9. The van der Waals surface area contributed by atoms with E-state index in [2.05, 4.69) is 15.0 Å². The Morgan fingerprint density at radius 3 is 2.55 bits per heavy atom. The molecule has 0 amide bonds. The lowest BCUT2D eigenvalue weighted by molar-refractivity contribution is 0.603. The van der Waals surface area contributed by atoms with Gasteiger partial charge in [-0.05, 0) is 31.5 Å². The number of fused-ring (bicyclic) bond motifs is 1. The van der Waals surface area contributed by atoms with Gasteiger partial charge in [-0.15, -0.1) is 0 Å². The topological polar surface area (TPSA) is 38.7 Å². The zero-order valence-corrected chi connectivity index (χ0v) is 11.7. The molecule has 0 spiro atoms. The number of halogens is 2. The summed E-state index contributed by atoms with van der Waals surface area (Å²) in [6.07, 6.45) is 0. The highest BCUT2D eigenvalue weighted by molar-refractivity contribution is 6.29. The Kier molecular flexibility index (Phi) is 3.10. The van der Waals surface area contributed by atoms with Crippen LogP contribution < -0.4 is 0 Å². The number of para-hydroxylation sites is 1. The maximum Gasteiger partial charge on any atom is 0.181 e. The second-order valence-electron chi connectivity index (χ2n) is 4.58. The van der Waals surface area contributed by atoms with Gasteiger partial charge in [0.25, 0.3) is 0 Å². The van der Waals surface area contributed by atoms with Crippen molar-refractivity contribution in [3.8, 4) is 11.5 Å². The van der Waals surface area contributed by atoms with Crippen molar-refractivity contribution in [2.24, 2.45) is 0 Å². The molecule has 3 nitrogen and oxygen atoms in total. The van der Waals surface area contributed by atoms with Gasteiger partial charge in [0, 0.05) is 5.39 Å². The normalized spacial score (nSPS) is 11.0. The van der Waals surface area contributed by atoms with Crippen LogP contribution in [0.5, 0.6) is 0 Å². The second-order valence-corrected chi connectivity index (χ2v) is 4.94. The van der Waals surface area contributed by atoms with Crippen molar-refractivity contribution >= 4 is 22.5 Å². The van der Waals surface area contributed by atoms with Gasteiger partial charge in [0.05, 0.1) is 11.2 Å². The highest BCUT2D eigenvalue weighted by atomic mass is 35.5. The molecule has 3 rings (SSSR count). The summed E-state index contributed by atoms with van der Waals surface area (Å²) >= 11 is 5.77. The van der Waals surface area contributed by atoms with Crippen LogP contribution in [0.25, 0.3) is 22.4 Å². The number of rotatable bonds is 1. The lowest BCUT2D eigenvalue weighted by Crippen LogP contribution is -1.99.